The van der Waals surface area contributed by atoms with Crippen LogP contribution in [0.1, 0.15) is 20.7 Å². The Morgan fingerprint density at radius 1 is 0.960 bits per heavy atom. The first-order chi connectivity index (χ1) is 12.0. The number of carbonyl (C=O) groups is 3. The number of imide groups is 1. The van der Waals surface area contributed by atoms with E-state index in [9.17, 15) is 14.4 Å². The summed E-state index contributed by atoms with van der Waals surface area (Å²) in [6.45, 7) is 0.353. The number of amides is 3. The Labute approximate surface area is 157 Å². The van der Waals surface area contributed by atoms with Gasteiger partial charge in [0, 0.05) is 9.26 Å². The molecule has 0 bridgehead atoms. The van der Waals surface area contributed by atoms with Gasteiger partial charge in [-0.1, -0.05) is 12.1 Å². The highest BCUT2D eigenvalue weighted by Crippen LogP contribution is 2.26. The van der Waals surface area contributed by atoms with E-state index >= 15 is 0 Å². The molecule has 3 amide bonds. The molecule has 1 saturated heterocycles. The van der Waals surface area contributed by atoms with Crippen LogP contribution in [0.2, 0.25) is 0 Å². The summed E-state index contributed by atoms with van der Waals surface area (Å²) in [5.41, 5.74) is 1.52. The lowest BCUT2D eigenvalue weighted by Crippen LogP contribution is -2.38. The quantitative estimate of drug-likeness (QED) is 0.535. The SMILES string of the molecule is O=C1c2ccccc2C(=O)N1C[C@H]1CN(c2ccc(I)cc2)C(=O)O1. The van der Waals surface area contributed by atoms with Gasteiger partial charge in [-0.25, -0.2) is 4.79 Å². The van der Waals surface area contributed by atoms with Gasteiger partial charge in [0.25, 0.3) is 11.8 Å². The molecule has 0 saturated carbocycles. The zero-order valence-corrected chi connectivity index (χ0v) is 15.2. The third-order valence-electron chi connectivity index (χ3n) is 4.28. The predicted molar refractivity (Wildman–Crippen MR) is 98.6 cm³/mol. The number of halogens is 1. The summed E-state index contributed by atoms with van der Waals surface area (Å²) >= 11 is 2.19. The molecule has 6 nitrogen and oxygen atoms in total. The van der Waals surface area contributed by atoms with Gasteiger partial charge in [-0.2, -0.15) is 0 Å². The van der Waals surface area contributed by atoms with E-state index in [0.29, 0.717) is 17.7 Å². The number of nitrogens with zero attached hydrogens (tertiary/aromatic N) is 2. The standard InChI is InChI=1S/C18H13IN2O4/c19-11-5-7-12(8-6-11)20-9-13(25-18(20)24)10-21-16(22)14-3-1-2-4-15(14)17(21)23/h1-8,13H,9-10H2/t13-/m1/s1. The van der Waals surface area contributed by atoms with Gasteiger partial charge in [0.2, 0.25) is 0 Å². The number of ether oxygens (including phenoxy) is 1. The summed E-state index contributed by atoms with van der Waals surface area (Å²) in [7, 11) is 0. The number of carbonyl (C=O) groups excluding carboxylic acids is 3. The van der Waals surface area contributed by atoms with Gasteiger partial charge in [-0.05, 0) is 59.0 Å². The fourth-order valence-corrected chi connectivity index (χ4v) is 3.42. The first-order valence-corrected chi connectivity index (χ1v) is 8.81. The molecule has 126 valence electrons. The number of hydrogen-bond acceptors (Lipinski definition) is 4. The van der Waals surface area contributed by atoms with Crippen LogP contribution >= 0.6 is 22.6 Å². The third kappa shape index (κ3) is 2.78. The maximum Gasteiger partial charge on any atom is 0.414 e. The Hall–Kier alpha value is -2.42. The van der Waals surface area contributed by atoms with Crippen molar-refractivity contribution in [3.8, 4) is 0 Å². The number of rotatable bonds is 3. The van der Waals surface area contributed by atoms with E-state index in [-0.39, 0.29) is 18.4 Å². The zero-order chi connectivity index (χ0) is 17.6. The third-order valence-corrected chi connectivity index (χ3v) is 5.00. The van der Waals surface area contributed by atoms with Gasteiger partial charge < -0.3 is 4.74 Å². The van der Waals surface area contributed by atoms with E-state index in [2.05, 4.69) is 22.6 Å². The van der Waals surface area contributed by atoms with Gasteiger partial charge in [-0.15, -0.1) is 0 Å². The van der Waals surface area contributed by atoms with Crippen LogP contribution in [-0.4, -0.2) is 42.0 Å². The summed E-state index contributed by atoms with van der Waals surface area (Å²) in [5, 5.41) is 0. The molecule has 2 aliphatic rings. The highest BCUT2D eigenvalue weighted by Gasteiger charge is 2.40. The molecule has 0 unspecified atom stereocenters. The molecule has 2 aromatic carbocycles. The van der Waals surface area contributed by atoms with E-state index in [1.165, 1.54) is 4.90 Å². The van der Waals surface area contributed by atoms with E-state index in [0.717, 1.165) is 14.2 Å². The molecule has 1 atom stereocenters. The molecule has 25 heavy (non-hydrogen) atoms. The van der Waals surface area contributed by atoms with Crippen molar-refractivity contribution in [1.29, 1.82) is 0 Å². The van der Waals surface area contributed by atoms with Crippen molar-refractivity contribution in [2.75, 3.05) is 18.0 Å². The average molecular weight is 448 g/mol. The van der Waals surface area contributed by atoms with Crippen LogP contribution in [0.25, 0.3) is 0 Å². The molecule has 1 fully saturated rings. The lowest BCUT2D eigenvalue weighted by atomic mass is 10.1. The summed E-state index contributed by atoms with van der Waals surface area (Å²) < 4.78 is 6.42. The Bertz CT molecular complexity index is 846. The monoisotopic (exact) mass is 448 g/mol. The molecular formula is C18H13IN2O4. The molecule has 0 aliphatic carbocycles. The van der Waals surface area contributed by atoms with Crippen LogP contribution in [0.15, 0.2) is 48.5 Å². The van der Waals surface area contributed by atoms with Crippen molar-refractivity contribution in [2.24, 2.45) is 0 Å². The van der Waals surface area contributed by atoms with Gasteiger partial charge in [0.1, 0.15) is 6.10 Å². The number of cyclic esters (lactones) is 1. The topological polar surface area (TPSA) is 66.9 Å². The summed E-state index contributed by atoms with van der Waals surface area (Å²) in [6, 6.07) is 14.2. The van der Waals surface area contributed by atoms with Crippen molar-refractivity contribution < 1.29 is 19.1 Å². The molecule has 7 heteroatoms. The van der Waals surface area contributed by atoms with Gasteiger partial charge in [0.15, 0.2) is 0 Å². The molecule has 2 aliphatic heterocycles. The van der Waals surface area contributed by atoms with Gasteiger partial charge in [-0.3, -0.25) is 19.4 Å². The molecule has 0 N–H and O–H groups in total. The van der Waals surface area contributed by atoms with Crippen LogP contribution < -0.4 is 4.90 Å². The second-order valence-corrected chi connectivity index (χ2v) is 7.10. The predicted octanol–water partition coefficient (Wildman–Crippen LogP) is 2.91. The van der Waals surface area contributed by atoms with E-state index < -0.39 is 12.2 Å². The molecular weight excluding hydrogens is 435 g/mol. The maximum atomic E-state index is 12.4. The van der Waals surface area contributed by atoms with Crippen LogP contribution in [0.3, 0.4) is 0 Å². The van der Waals surface area contributed by atoms with Crippen LogP contribution in [0.4, 0.5) is 10.5 Å². The fourth-order valence-electron chi connectivity index (χ4n) is 3.06. The van der Waals surface area contributed by atoms with Crippen LogP contribution in [0, 0.1) is 3.57 Å². The van der Waals surface area contributed by atoms with E-state index in [1.807, 2.05) is 24.3 Å². The Morgan fingerprint density at radius 2 is 1.56 bits per heavy atom. The van der Waals surface area contributed by atoms with Crippen LogP contribution in [0.5, 0.6) is 0 Å². The smallest absolute Gasteiger partial charge is 0.414 e. The second kappa shape index (κ2) is 6.14. The van der Waals surface area contributed by atoms with Crippen molar-refractivity contribution in [3.63, 3.8) is 0 Å². The first-order valence-electron chi connectivity index (χ1n) is 7.73. The number of fused-ring (bicyclic) bond motifs is 1. The molecule has 2 heterocycles. The van der Waals surface area contributed by atoms with E-state index in [4.69, 9.17) is 4.74 Å². The Morgan fingerprint density at radius 3 is 2.16 bits per heavy atom. The Kier molecular flexibility index (Phi) is 3.95. The maximum absolute atomic E-state index is 12.4. The fraction of sp³-hybridized carbons (Fsp3) is 0.167. The average Bonchev–Trinajstić information content (AvgIpc) is 3.09. The lowest BCUT2D eigenvalue weighted by molar-refractivity contribution is 0.0558. The highest BCUT2D eigenvalue weighted by atomic mass is 127. The van der Waals surface area contributed by atoms with Gasteiger partial charge in [0.05, 0.1) is 24.2 Å². The Balaban J connectivity index is 1.50. The summed E-state index contributed by atoms with van der Waals surface area (Å²) in [5.74, 6) is -0.686. The molecule has 4 rings (SSSR count). The zero-order valence-electron chi connectivity index (χ0n) is 13.0. The van der Waals surface area contributed by atoms with Crippen molar-refractivity contribution in [2.45, 2.75) is 6.10 Å². The highest BCUT2D eigenvalue weighted by molar-refractivity contribution is 14.1. The number of hydrogen-bond donors (Lipinski definition) is 0. The molecule has 0 aromatic heterocycles. The molecule has 0 radical (unpaired) electrons. The van der Waals surface area contributed by atoms with Crippen molar-refractivity contribution >= 4 is 46.2 Å². The molecule has 2 aromatic rings. The largest absolute Gasteiger partial charge is 0.442 e. The lowest BCUT2D eigenvalue weighted by Gasteiger charge is -2.17. The van der Waals surface area contributed by atoms with Crippen molar-refractivity contribution in [1.82, 2.24) is 4.90 Å². The minimum Gasteiger partial charge on any atom is -0.442 e. The summed E-state index contributed by atoms with van der Waals surface area (Å²) in [4.78, 5) is 39.6. The first kappa shape index (κ1) is 16.1. The second-order valence-electron chi connectivity index (χ2n) is 5.86. The normalized spacial score (nSPS) is 19.4. The van der Waals surface area contributed by atoms with E-state index in [1.54, 1.807) is 24.3 Å². The minimum atomic E-state index is -0.547. The minimum absolute atomic E-state index is 0.0545. The van der Waals surface area contributed by atoms with Gasteiger partial charge >= 0.3 is 6.09 Å². The summed E-state index contributed by atoms with van der Waals surface area (Å²) in [6.07, 6.45) is -1.02. The van der Waals surface area contributed by atoms with Crippen LogP contribution in [-0.2, 0) is 4.74 Å². The number of benzene rings is 2. The number of anilines is 1. The molecule has 0 spiro atoms. The van der Waals surface area contributed by atoms with Crippen molar-refractivity contribution in [3.05, 3.63) is 63.2 Å².